The number of phenolic OH excluding ortho intramolecular Hbond substituents is 1. The summed E-state index contributed by atoms with van der Waals surface area (Å²) in [6, 6.07) is 3.59. The zero-order valence-corrected chi connectivity index (χ0v) is 12.5. The van der Waals surface area contributed by atoms with Gasteiger partial charge in [-0.05, 0) is 50.3 Å². The number of rotatable bonds is 2. The fourth-order valence-electron chi connectivity index (χ4n) is 2.62. The summed E-state index contributed by atoms with van der Waals surface area (Å²) in [5.41, 5.74) is 6.51. The summed E-state index contributed by atoms with van der Waals surface area (Å²) >= 11 is 0. The van der Waals surface area contributed by atoms with Crippen LogP contribution in [0, 0.1) is 13.8 Å². The highest BCUT2D eigenvalue weighted by Gasteiger charge is 2.21. The van der Waals surface area contributed by atoms with Crippen LogP contribution < -0.4 is 11.0 Å². The van der Waals surface area contributed by atoms with E-state index in [0.717, 1.165) is 41.7 Å². The first-order chi connectivity index (χ1) is 10.6. The van der Waals surface area contributed by atoms with E-state index in [2.05, 4.69) is 25.7 Å². The number of hydrogen-bond acceptors (Lipinski definition) is 6. The summed E-state index contributed by atoms with van der Waals surface area (Å²) in [7, 11) is 0. The molecule has 0 amide bonds. The molecule has 1 aliphatic carbocycles. The lowest BCUT2D eigenvalue weighted by atomic mass is 9.86. The number of anilines is 1. The van der Waals surface area contributed by atoms with Gasteiger partial charge in [-0.25, -0.2) is 5.43 Å². The second-order valence-electron chi connectivity index (χ2n) is 5.37. The molecule has 7 nitrogen and oxygen atoms in total. The van der Waals surface area contributed by atoms with Crippen molar-refractivity contribution in [1.29, 1.82) is 0 Å². The number of hydrazone groups is 1. The lowest BCUT2D eigenvalue weighted by Gasteiger charge is -2.20. The minimum absolute atomic E-state index is 0.183. The van der Waals surface area contributed by atoms with Crippen LogP contribution in [0.3, 0.4) is 0 Å². The first-order valence-electron chi connectivity index (χ1n) is 7.14. The molecule has 3 rings (SSSR count). The van der Waals surface area contributed by atoms with Crippen LogP contribution in [-0.2, 0) is 6.42 Å². The van der Waals surface area contributed by atoms with E-state index in [1.807, 2.05) is 13.0 Å². The van der Waals surface area contributed by atoms with Gasteiger partial charge in [-0.2, -0.15) is 5.10 Å². The van der Waals surface area contributed by atoms with Gasteiger partial charge in [0, 0.05) is 5.56 Å². The number of H-pyrrole nitrogens is 1. The molecule has 1 aromatic heterocycles. The van der Waals surface area contributed by atoms with Crippen molar-refractivity contribution < 1.29 is 5.11 Å². The Hall–Kier alpha value is -2.70. The molecule has 7 heteroatoms. The van der Waals surface area contributed by atoms with E-state index in [1.165, 1.54) is 0 Å². The van der Waals surface area contributed by atoms with Gasteiger partial charge in [-0.3, -0.25) is 9.78 Å². The van der Waals surface area contributed by atoms with Crippen LogP contribution in [0.5, 0.6) is 5.75 Å². The number of benzene rings is 1. The van der Waals surface area contributed by atoms with Gasteiger partial charge < -0.3 is 5.11 Å². The van der Waals surface area contributed by atoms with Crippen molar-refractivity contribution in [3.05, 3.63) is 44.9 Å². The molecule has 0 radical (unpaired) electrons. The highest BCUT2D eigenvalue weighted by molar-refractivity contribution is 6.05. The number of aromatic amines is 1. The van der Waals surface area contributed by atoms with Gasteiger partial charge >= 0.3 is 0 Å². The SMILES string of the molecule is Cc1ccc(O)c2c1CCC/C2=N\Nc1nnc(C)c(=O)[nH]1. The average Bonchev–Trinajstić information content (AvgIpc) is 2.52. The van der Waals surface area contributed by atoms with Gasteiger partial charge in [0.2, 0.25) is 5.95 Å². The number of fused-ring (bicyclic) bond motifs is 1. The number of aryl methyl sites for hydroxylation is 2. The van der Waals surface area contributed by atoms with Crippen molar-refractivity contribution in [2.45, 2.75) is 33.1 Å². The van der Waals surface area contributed by atoms with Gasteiger partial charge in [-0.15, -0.1) is 10.2 Å². The van der Waals surface area contributed by atoms with Crippen LogP contribution in [0.1, 0.15) is 35.2 Å². The maximum Gasteiger partial charge on any atom is 0.274 e. The van der Waals surface area contributed by atoms with Gasteiger partial charge in [0.05, 0.1) is 5.71 Å². The molecule has 0 aliphatic heterocycles. The fraction of sp³-hybridized carbons (Fsp3) is 0.333. The third kappa shape index (κ3) is 2.57. The molecule has 0 unspecified atom stereocenters. The molecule has 22 heavy (non-hydrogen) atoms. The molecule has 3 N–H and O–H groups in total. The summed E-state index contributed by atoms with van der Waals surface area (Å²) in [6.07, 6.45) is 2.64. The molecule has 0 spiro atoms. The predicted octanol–water partition coefficient (Wildman–Crippen LogP) is 1.64. The lowest BCUT2D eigenvalue weighted by Crippen LogP contribution is -2.18. The van der Waals surface area contributed by atoms with E-state index < -0.39 is 0 Å². The van der Waals surface area contributed by atoms with Gasteiger partial charge in [0.1, 0.15) is 11.4 Å². The second kappa shape index (κ2) is 5.59. The summed E-state index contributed by atoms with van der Waals surface area (Å²) in [6.45, 7) is 3.61. The first kappa shape index (κ1) is 14.2. The molecule has 1 aliphatic rings. The molecule has 0 saturated carbocycles. The van der Waals surface area contributed by atoms with Crippen LogP contribution in [0.2, 0.25) is 0 Å². The normalized spacial score (nSPS) is 15.6. The van der Waals surface area contributed by atoms with Crippen molar-refractivity contribution in [2.75, 3.05) is 5.43 Å². The highest BCUT2D eigenvalue weighted by Crippen LogP contribution is 2.31. The van der Waals surface area contributed by atoms with Gasteiger partial charge in [0.25, 0.3) is 5.56 Å². The molecule has 0 saturated heterocycles. The maximum atomic E-state index is 11.5. The first-order valence-corrected chi connectivity index (χ1v) is 7.14. The summed E-state index contributed by atoms with van der Waals surface area (Å²) < 4.78 is 0. The molecule has 0 bridgehead atoms. The Morgan fingerprint density at radius 3 is 2.86 bits per heavy atom. The smallest absolute Gasteiger partial charge is 0.274 e. The van der Waals surface area contributed by atoms with Gasteiger partial charge in [0.15, 0.2) is 0 Å². The Morgan fingerprint density at radius 2 is 2.09 bits per heavy atom. The number of nitrogens with one attached hydrogen (secondary N) is 2. The van der Waals surface area contributed by atoms with E-state index in [-0.39, 0.29) is 17.3 Å². The molecular weight excluding hydrogens is 282 g/mol. The topological polar surface area (TPSA) is 103 Å². The zero-order valence-electron chi connectivity index (χ0n) is 12.5. The Kier molecular flexibility index (Phi) is 3.62. The predicted molar refractivity (Wildman–Crippen MR) is 83.3 cm³/mol. The second-order valence-corrected chi connectivity index (χ2v) is 5.37. The Morgan fingerprint density at radius 1 is 1.27 bits per heavy atom. The van der Waals surface area contributed by atoms with Crippen LogP contribution >= 0.6 is 0 Å². The third-order valence-corrected chi connectivity index (χ3v) is 3.81. The van der Waals surface area contributed by atoms with E-state index in [4.69, 9.17) is 0 Å². The van der Waals surface area contributed by atoms with Crippen molar-refractivity contribution in [2.24, 2.45) is 5.10 Å². The molecule has 2 aromatic rings. The summed E-state index contributed by atoms with van der Waals surface area (Å²) in [4.78, 5) is 14.1. The van der Waals surface area contributed by atoms with E-state index in [0.29, 0.717) is 5.69 Å². The van der Waals surface area contributed by atoms with Crippen LogP contribution in [0.25, 0.3) is 0 Å². The molecule has 0 fully saturated rings. The Labute approximate surface area is 127 Å². The zero-order chi connectivity index (χ0) is 15.7. The number of nitrogens with zero attached hydrogens (tertiary/aromatic N) is 3. The summed E-state index contributed by atoms with van der Waals surface area (Å²) in [5.74, 6) is 0.409. The Balaban J connectivity index is 1.95. The van der Waals surface area contributed by atoms with E-state index in [1.54, 1.807) is 13.0 Å². The standard InChI is InChI=1S/C15H17N5O2/c1-8-6-7-12(21)13-10(8)4-3-5-11(13)18-20-15-16-14(22)9(2)17-19-15/h6-7,21H,3-5H2,1-2H3,(H2,16,19,20,22)/b18-11+. The van der Waals surface area contributed by atoms with Crippen LogP contribution in [0.4, 0.5) is 5.95 Å². The maximum absolute atomic E-state index is 11.5. The van der Waals surface area contributed by atoms with Crippen molar-refractivity contribution >= 4 is 11.7 Å². The van der Waals surface area contributed by atoms with E-state index in [9.17, 15) is 9.90 Å². The molecule has 1 aromatic carbocycles. The number of aromatic nitrogens is 3. The minimum Gasteiger partial charge on any atom is -0.507 e. The lowest BCUT2D eigenvalue weighted by molar-refractivity contribution is 0.472. The average molecular weight is 299 g/mol. The van der Waals surface area contributed by atoms with Crippen LogP contribution in [0.15, 0.2) is 22.0 Å². The third-order valence-electron chi connectivity index (χ3n) is 3.81. The molecular formula is C15H17N5O2. The highest BCUT2D eigenvalue weighted by atomic mass is 16.3. The molecule has 114 valence electrons. The number of hydrogen-bond donors (Lipinski definition) is 3. The van der Waals surface area contributed by atoms with E-state index >= 15 is 0 Å². The van der Waals surface area contributed by atoms with Crippen molar-refractivity contribution in [3.63, 3.8) is 0 Å². The number of aromatic hydroxyl groups is 1. The number of phenols is 1. The fourth-order valence-corrected chi connectivity index (χ4v) is 2.62. The van der Waals surface area contributed by atoms with Crippen molar-refractivity contribution in [1.82, 2.24) is 15.2 Å². The largest absolute Gasteiger partial charge is 0.507 e. The molecule has 1 heterocycles. The summed E-state index contributed by atoms with van der Waals surface area (Å²) in [5, 5.41) is 22.0. The molecule has 0 atom stereocenters. The minimum atomic E-state index is -0.305. The monoisotopic (exact) mass is 299 g/mol. The van der Waals surface area contributed by atoms with Crippen LogP contribution in [-0.4, -0.2) is 26.0 Å². The quantitative estimate of drug-likeness (QED) is 0.731. The van der Waals surface area contributed by atoms with Gasteiger partial charge in [-0.1, -0.05) is 6.07 Å². The van der Waals surface area contributed by atoms with Crippen molar-refractivity contribution in [3.8, 4) is 5.75 Å². The Bertz CT molecular complexity index is 810.